The number of rotatable bonds is 12. The number of pyridine rings is 1. The van der Waals surface area contributed by atoms with Gasteiger partial charge in [-0.1, -0.05) is 443 Å². The highest BCUT2D eigenvalue weighted by molar-refractivity contribution is 6.16. The van der Waals surface area contributed by atoms with Crippen molar-refractivity contribution in [1.82, 2.24) is 44.9 Å². The molecule has 650 valence electrons. The second kappa shape index (κ2) is 37.0. The van der Waals surface area contributed by atoms with E-state index in [4.69, 9.17) is 44.3 Å². The number of fused-ring (bicyclic) bond motifs is 16. The largest absolute Gasteiger partial charge is 0.456 e. The van der Waals surface area contributed by atoms with Gasteiger partial charge in [-0.15, -0.1) is 0 Å². The number of para-hydroxylation sites is 1. The third-order valence-corrected chi connectivity index (χ3v) is 26.0. The Morgan fingerprint density at radius 1 is 0.151 bits per heavy atom. The highest BCUT2D eigenvalue weighted by atomic mass is 16.3. The highest BCUT2D eigenvalue weighted by Gasteiger charge is 2.22. The monoisotopic (exact) mass is 1770 g/mol. The van der Waals surface area contributed by atoms with Crippen LogP contribution in [-0.4, -0.2) is 44.9 Å². The molecule has 0 N–H and O–H groups in total. The molecule has 0 aliphatic heterocycles. The molecule has 0 unspecified atom stereocenters. The number of furan rings is 1. The van der Waals surface area contributed by atoms with E-state index < -0.39 is 0 Å². The summed E-state index contributed by atoms with van der Waals surface area (Å²) in [6.07, 6.45) is 1.82. The Labute approximate surface area is 802 Å². The lowest BCUT2D eigenvalue weighted by molar-refractivity contribution is 0.669. The second-order valence-corrected chi connectivity index (χ2v) is 34.5. The van der Waals surface area contributed by atoms with Gasteiger partial charge in [-0.3, -0.25) is 4.98 Å². The van der Waals surface area contributed by atoms with Gasteiger partial charge in [-0.2, -0.15) is 0 Å². The van der Waals surface area contributed by atoms with Gasteiger partial charge in [-0.25, -0.2) is 39.9 Å². The molecule has 0 saturated heterocycles. The van der Waals surface area contributed by atoms with Crippen LogP contribution in [0.4, 0.5) is 0 Å². The zero-order valence-electron chi connectivity index (χ0n) is 75.4. The summed E-state index contributed by atoms with van der Waals surface area (Å²) in [6.45, 7) is 0. The maximum absolute atomic E-state index is 6.12. The Morgan fingerprint density at radius 2 is 0.446 bits per heavy atom. The average molecular weight is 1780 g/mol. The molecule has 27 aromatic rings. The molecule has 10 nitrogen and oxygen atoms in total. The summed E-state index contributed by atoms with van der Waals surface area (Å²) in [5.41, 5.74) is 26.9. The van der Waals surface area contributed by atoms with E-state index in [1.807, 2.05) is 85.1 Å². The number of aromatic nitrogens is 9. The molecule has 0 radical (unpaired) electrons. The Morgan fingerprint density at radius 3 is 0.921 bits per heavy atom. The Balaban J connectivity index is 0.000000101. The lowest BCUT2D eigenvalue weighted by Gasteiger charge is -2.13. The molecule has 10 heteroatoms. The molecule has 0 aliphatic carbocycles. The van der Waals surface area contributed by atoms with Crippen LogP contribution in [0.3, 0.4) is 0 Å². The molecule has 21 aromatic carbocycles. The summed E-state index contributed by atoms with van der Waals surface area (Å²) in [5, 5.41) is 18.1. The van der Waals surface area contributed by atoms with Crippen molar-refractivity contribution in [2.45, 2.75) is 0 Å². The van der Waals surface area contributed by atoms with Gasteiger partial charge in [0.25, 0.3) is 0 Å². The SMILES string of the molecule is c1ccc(-c2ccc(-c3nc(-c4cccc5ccccc45)nc4c3ccc3ccccc34)cc2)nc1.c1ccc(-c2ccc(-c3nc(-c4ccccc4)nc4c3ccc3ccccc34)cc2)cc1.c1ccc(-c2cccc(-c3nc(-c4ccccc4)c4ccc5ccccc5c4n3)c2)cc1.c1ccc(-c2nc(-c3ccc(-c4cccc5oc6ccccc6c45)cc3)nc3c2ccc2ccccc23)cc1. The predicted octanol–water partition coefficient (Wildman–Crippen LogP) is 33.6. The van der Waals surface area contributed by atoms with E-state index in [1.54, 1.807) is 0 Å². The zero-order chi connectivity index (χ0) is 92.3. The van der Waals surface area contributed by atoms with Crippen LogP contribution < -0.4 is 0 Å². The average Bonchev–Trinajstić information content (AvgIpc) is 0.784. The van der Waals surface area contributed by atoms with Crippen LogP contribution in [0, 0.1) is 0 Å². The summed E-state index contributed by atoms with van der Waals surface area (Å²) in [6, 6.07) is 172. The van der Waals surface area contributed by atoms with Gasteiger partial charge in [0.1, 0.15) is 11.2 Å². The minimum absolute atomic E-state index is 0.719. The minimum atomic E-state index is 0.719. The van der Waals surface area contributed by atoms with Crippen molar-refractivity contribution in [3.05, 3.63) is 504 Å². The maximum atomic E-state index is 6.12. The smallest absolute Gasteiger partial charge is 0.161 e. The summed E-state index contributed by atoms with van der Waals surface area (Å²) >= 11 is 0. The van der Waals surface area contributed by atoms with Crippen molar-refractivity contribution in [3.8, 4) is 135 Å². The van der Waals surface area contributed by atoms with E-state index in [1.165, 1.54) is 43.6 Å². The van der Waals surface area contributed by atoms with Crippen LogP contribution in [0.1, 0.15) is 0 Å². The number of hydrogen-bond acceptors (Lipinski definition) is 10. The molecule has 0 spiro atoms. The number of benzene rings is 21. The van der Waals surface area contributed by atoms with Crippen molar-refractivity contribution in [1.29, 1.82) is 0 Å². The molecular weight excluding hydrogens is 1690 g/mol. The van der Waals surface area contributed by atoms with Crippen LogP contribution in [-0.2, 0) is 0 Å². The predicted molar refractivity (Wildman–Crippen MR) is 576 cm³/mol. The Bertz CT molecular complexity index is 9270. The van der Waals surface area contributed by atoms with Gasteiger partial charge in [0.05, 0.1) is 50.5 Å². The first-order chi connectivity index (χ1) is 68.9. The third kappa shape index (κ3) is 16.5. The quantitative estimate of drug-likeness (QED) is 0.109. The summed E-state index contributed by atoms with van der Waals surface area (Å²) < 4.78 is 6.12. The molecule has 0 amide bonds. The van der Waals surface area contributed by atoms with Gasteiger partial charge in [0, 0.05) is 110 Å². The van der Waals surface area contributed by atoms with Crippen molar-refractivity contribution < 1.29 is 4.42 Å². The molecule has 0 bridgehead atoms. The molecule has 6 aromatic heterocycles. The fraction of sp³-hybridized carbons (Fsp3) is 0. The molecule has 6 heterocycles. The Hall–Kier alpha value is -18.8. The summed E-state index contributed by atoms with van der Waals surface area (Å²) in [5.74, 6) is 2.94. The van der Waals surface area contributed by atoms with Gasteiger partial charge in [0.15, 0.2) is 23.3 Å². The van der Waals surface area contributed by atoms with E-state index in [0.29, 0.717) is 0 Å². The molecule has 27 rings (SSSR count). The van der Waals surface area contributed by atoms with Gasteiger partial charge in [0.2, 0.25) is 0 Å². The van der Waals surface area contributed by atoms with Crippen molar-refractivity contribution in [2.24, 2.45) is 0 Å². The fourth-order valence-electron chi connectivity index (χ4n) is 19.1. The maximum Gasteiger partial charge on any atom is 0.161 e. The molecule has 139 heavy (non-hydrogen) atoms. The summed E-state index contributed by atoms with van der Waals surface area (Å²) in [7, 11) is 0. The van der Waals surface area contributed by atoms with Crippen LogP contribution in [0.5, 0.6) is 0 Å². The van der Waals surface area contributed by atoms with Crippen LogP contribution in [0.25, 0.3) is 255 Å². The minimum Gasteiger partial charge on any atom is -0.456 e. The fourth-order valence-corrected chi connectivity index (χ4v) is 19.1. The first kappa shape index (κ1) is 83.3. The van der Waals surface area contributed by atoms with Gasteiger partial charge >= 0.3 is 0 Å². The zero-order valence-corrected chi connectivity index (χ0v) is 75.4. The third-order valence-electron chi connectivity index (χ3n) is 26.0. The van der Waals surface area contributed by atoms with Crippen LogP contribution in [0.2, 0.25) is 0 Å². The molecule has 0 aliphatic rings. The van der Waals surface area contributed by atoms with E-state index >= 15 is 0 Å². The lowest BCUT2D eigenvalue weighted by Crippen LogP contribution is -1.97. The van der Waals surface area contributed by atoms with E-state index in [2.05, 4.69) is 424 Å². The molecule has 0 atom stereocenters. The van der Waals surface area contributed by atoms with Gasteiger partial charge in [-0.05, 0) is 120 Å². The van der Waals surface area contributed by atoms with Crippen molar-refractivity contribution in [3.63, 3.8) is 0 Å². The van der Waals surface area contributed by atoms with E-state index in [9.17, 15) is 0 Å². The molecule has 0 saturated carbocycles. The molecule has 0 fully saturated rings. The van der Waals surface area contributed by atoms with Crippen LogP contribution >= 0.6 is 0 Å². The van der Waals surface area contributed by atoms with Crippen molar-refractivity contribution in [2.75, 3.05) is 0 Å². The second-order valence-electron chi connectivity index (χ2n) is 34.5. The Kier molecular flexibility index (Phi) is 22.2. The van der Waals surface area contributed by atoms with Crippen molar-refractivity contribution >= 4 is 119 Å². The van der Waals surface area contributed by atoms with Gasteiger partial charge < -0.3 is 4.42 Å². The highest BCUT2D eigenvalue weighted by Crippen LogP contribution is 2.43. The standard InChI is InChI=1S/C36H22N2O.C33H21N3.2C30H20N2/c1-2-10-25(11-3-1)34-30-22-21-23-9-4-5-12-28(23)35(30)38-36(37-34)26-19-17-24(18-20-26)27-14-8-16-32-33(27)29-13-6-7-15-31(29)39-32;1-3-11-26-22(8-1)10-7-13-28(26)33-35-31(25-17-15-24(16-18-25)30-14-5-6-21-34-30)29-20-19-23-9-2-4-12-27(23)32(29)36-33;1-3-10-21(11-4-1)24-15-9-16-25(20-24)30-31-28(23-13-5-2-6-14-23)27-19-18-22-12-7-8-17-26(22)29(27)32-30;1-3-9-21(10-4-1)22-15-17-24(18-16-22)28-27-20-19-23-11-7-8-14-26(23)29(27)32-30(31-28)25-12-5-2-6-13-25/h1-22H;1-21H;2*1-20H. The topological polar surface area (TPSA) is 129 Å². The first-order valence-corrected chi connectivity index (χ1v) is 46.7. The molecular formula is C129H83N9O. The van der Waals surface area contributed by atoms with Crippen LogP contribution in [0.15, 0.2) is 508 Å². The van der Waals surface area contributed by atoms with E-state index in [0.717, 1.165) is 211 Å². The summed E-state index contributed by atoms with van der Waals surface area (Å²) in [4.78, 5) is 45.3. The number of nitrogens with zero attached hydrogens (tertiary/aromatic N) is 9. The first-order valence-electron chi connectivity index (χ1n) is 46.7. The lowest BCUT2D eigenvalue weighted by atomic mass is 9.98. The normalized spacial score (nSPS) is 11.3. The number of hydrogen-bond donors (Lipinski definition) is 0. The van der Waals surface area contributed by atoms with E-state index in [-0.39, 0.29) is 0 Å².